The lowest BCUT2D eigenvalue weighted by Crippen LogP contribution is -2.51. The molecule has 4 rings (SSSR count). The summed E-state index contributed by atoms with van der Waals surface area (Å²) in [5, 5.41) is 7.92. The van der Waals surface area contributed by atoms with E-state index in [1.165, 1.54) is 24.8 Å². The van der Waals surface area contributed by atoms with Gasteiger partial charge in [-0.3, -0.25) is 9.67 Å². The number of nitrogens with one attached hydrogen (secondary N) is 1. The number of halogens is 1. The molecule has 2 aromatic rings. The van der Waals surface area contributed by atoms with E-state index in [0.717, 1.165) is 44.0 Å². The van der Waals surface area contributed by atoms with Gasteiger partial charge in [0.1, 0.15) is 11.9 Å². The van der Waals surface area contributed by atoms with Crippen molar-refractivity contribution >= 4 is 5.96 Å². The Morgan fingerprint density at radius 1 is 1.27 bits per heavy atom. The van der Waals surface area contributed by atoms with Crippen LogP contribution in [0.2, 0.25) is 0 Å². The lowest BCUT2D eigenvalue weighted by atomic mass is 9.69. The van der Waals surface area contributed by atoms with Crippen LogP contribution in [0.5, 0.6) is 0 Å². The summed E-state index contributed by atoms with van der Waals surface area (Å²) >= 11 is 0. The number of ether oxygens (including phenoxy) is 1. The Hall–Kier alpha value is -2.41. The summed E-state index contributed by atoms with van der Waals surface area (Å²) in [6, 6.07) is 7.08. The van der Waals surface area contributed by atoms with Crippen LogP contribution in [0.3, 0.4) is 0 Å². The van der Waals surface area contributed by atoms with Crippen LogP contribution in [-0.4, -0.2) is 53.9 Å². The number of nitrogens with zero attached hydrogens (tertiary/aromatic N) is 4. The van der Waals surface area contributed by atoms with Crippen molar-refractivity contribution in [2.45, 2.75) is 43.6 Å². The summed E-state index contributed by atoms with van der Waals surface area (Å²) in [7, 11) is 3.76. The number of morpholine rings is 1. The molecule has 1 N–H and O–H groups in total. The smallest absolute Gasteiger partial charge is 0.193 e. The van der Waals surface area contributed by atoms with E-state index in [1.54, 1.807) is 16.8 Å². The number of guanidine groups is 1. The van der Waals surface area contributed by atoms with Crippen LogP contribution in [-0.2, 0) is 17.2 Å². The highest BCUT2D eigenvalue weighted by Gasteiger charge is 2.35. The van der Waals surface area contributed by atoms with E-state index < -0.39 is 0 Å². The van der Waals surface area contributed by atoms with Crippen molar-refractivity contribution in [1.29, 1.82) is 0 Å². The molecule has 6 nitrogen and oxygen atoms in total. The molecule has 0 radical (unpaired) electrons. The zero-order valence-corrected chi connectivity index (χ0v) is 18.0. The summed E-state index contributed by atoms with van der Waals surface area (Å²) < 4.78 is 21.3. The van der Waals surface area contributed by atoms with Gasteiger partial charge in [0.05, 0.1) is 19.3 Å². The van der Waals surface area contributed by atoms with Gasteiger partial charge in [0.25, 0.3) is 0 Å². The van der Waals surface area contributed by atoms with Gasteiger partial charge >= 0.3 is 0 Å². The van der Waals surface area contributed by atoms with E-state index in [1.807, 2.05) is 38.6 Å². The standard InChI is InChI=1S/C23H32FN5O/c1-25-22(29-12-13-30-21(16-29)18-14-27-28(2)15-18)26-17-23(10-4-3-5-11-23)19-6-8-20(24)9-7-19/h6-9,14-15,21H,3-5,10-13,16-17H2,1-2H3,(H,25,26). The minimum Gasteiger partial charge on any atom is -0.370 e. The second kappa shape index (κ2) is 9.16. The number of rotatable bonds is 4. The maximum absolute atomic E-state index is 13.5. The van der Waals surface area contributed by atoms with Gasteiger partial charge in [0.2, 0.25) is 0 Å². The Balaban J connectivity index is 1.46. The van der Waals surface area contributed by atoms with Crippen LogP contribution in [0, 0.1) is 5.82 Å². The third kappa shape index (κ3) is 4.51. The number of aromatic nitrogens is 2. The van der Waals surface area contributed by atoms with Crippen molar-refractivity contribution in [2.24, 2.45) is 12.0 Å². The zero-order valence-electron chi connectivity index (χ0n) is 18.0. The Kier molecular flexibility index (Phi) is 6.37. The number of aliphatic imine (C=N–C) groups is 1. The lowest BCUT2D eigenvalue weighted by molar-refractivity contribution is -0.00815. The molecule has 1 saturated carbocycles. The first-order valence-electron chi connectivity index (χ1n) is 10.9. The minimum atomic E-state index is -0.178. The molecule has 1 aliphatic heterocycles. The highest BCUT2D eigenvalue weighted by atomic mass is 19.1. The van der Waals surface area contributed by atoms with Crippen molar-refractivity contribution in [1.82, 2.24) is 20.0 Å². The molecule has 1 atom stereocenters. The molecular weight excluding hydrogens is 381 g/mol. The molecule has 1 unspecified atom stereocenters. The van der Waals surface area contributed by atoms with Gasteiger partial charge in [0, 0.05) is 44.4 Å². The summed E-state index contributed by atoms with van der Waals surface area (Å²) in [5.41, 5.74) is 2.34. The molecule has 2 fully saturated rings. The number of hydrogen-bond acceptors (Lipinski definition) is 3. The second-order valence-corrected chi connectivity index (χ2v) is 8.50. The second-order valence-electron chi connectivity index (χ2n) is 8.50. The summed E-state index contributed by atoms with van der Waals surface area (Å²) in [5.74, 6) is 0.725. The Labute approximate surface area is 178 Å². The van der Waals surface area contributed by atoms with Crippen molar-refractivity contribution in [3.63, 3.8) is 0 Å². The number of hydrogen-bond donors (Lipinski definition) is 1. The van der Waals surface area contributed by atoms with Gasteiger partial charge in [-0.25, -0.2) is 4.39 Å². The topological polar surface area (TPSA) is 54.7 Å². The molecule has 0 bridgehead atoms. The summed E-state index contributed by atoms with van der Waals surface area (Å²) in [6.07, 6.45) is 9.79. The third-order valence-electron chi connectivity index (χ3n) is 6.53. The van der Waals surface area contributed by atoms with Crippen molar-refractivity contribution in [3.8, 4) is 0 Å². The van der Waals surface area contributed by atoms with Crippen molar-refractivity contribution < 1.29 is 9.13 Å². The average molecular weight is 414 g/mol. The predicted molar refractivity (Wildman–Crippen MR) is 116 cm³/mol. The van der Waals surface area contributed by atoms with Crippen molar-refractivity contribution in [3.05, 3.63) is 53.6 Å². The highest BCUT2D eigenvalue weighted by molar-refractivity contribution is 5.80. The average Bonchev–Trinajstić information content (AvgIpc) is 3.22. The van der Waals surface area contributed by atoms with Crippen LogP contribution in [0.1, 0.15) is 49.3 Å². The largest absolute Gasteiger partial charge is 0.370 e. The fourth-order valence-electron chi connectivity index (χ4n) is 4.83. The van der Waals surface area contributed by atoms with E-state index in [-0.39, 0.29) is 17.3 Å². The molecule has 1 saturated heterocycles. The molecule has 7 heteroatoms. The SMILES string of the molecule is CN=C(NCC1(c2ccc(F)cc2)CCCCC1)N1CCOC(c2cnn(C)c2)C1. The molecule has 1 aromatic carbocycles. The fourth-order valence-corrected chi connectivity index (χ4v) is 4.83. The Morgan fingerprint density at radius 2 is 2.03 bits per heavy atom. The zero-order chi connectivity index (χ0) is 21.0. The number of benzene rings is 1. The van der Waals surface area contributed by atoms with Crippen LogP contribution >= 0.6 is 0 Å². The third-order valence-corrected chi connectivity index (χ3v) is 6.53. The molecule has 162 valence electrons. The van der Waals surface area contributed by atoms with E-state index in [2.05, 4.69) is 20.3 Å². The summed E-state index contributed by atoms with van der Waals surface area (Å²) in [6.45, 7) is 3.01. The molecule has 1 aromatic heterocycles. The normalized spacial score (nSPS) is 22.2. The lowest BCUT2D eigenvalue weighted by Gasteiger charge is -2.40. The van der Waals surface area contributed by atoms with Crippen LogP contribution < -0.4 is 5.32 Å². The van der Waals surface area contributed by atoms with Gasteiger partial charge in [-0.15, -0.1) is 0 Å². The number of aryl methyl sites for hydroxylation is 1. The van der Waals surface area contributed by atoms with E-state index in [4.69, 9.17) is 4.74 Å². The first kappa shape index (κ1) is 20.8. The monoisotopic (exact) mass is 413 g/mol. The molecule has 0 amide bonds. The minimum absolute atomic E-state index is 0.00765. The van der Waals surface area contributed by atoms with Crippen LogP contribution in [0.25, 0.3) is 0 Å². The van der Waals surface area contributed by atoms with Crippen LogP contribution in [0.4, 0.5) is 4.39 Å². The Bertz CT molecular complexity index is 857. The quantitative estimate of drug-likeness (QED) is 0.617. The van der Waals surface area contributed by atoms with E-state index in [9.17, 15) is 4.39 Å². The van der Waals surface area contributed by atoms with Gasteiger partial charge in [-0.05, 0) is 30.5 Å². The van der Waals surface area contributed by atoms with Crippen molar-refractivity contribution in [2.75, 3.05) is 33.3 Å². The summed E-state index contributed by atoms with van der Waals surface area (Å²) in [4.78, 5) is 6.83. The van der Waals surface area contributed by atoms with E-state index in [0.29, 0.717) is 6.61 Å². The molecule has 0 spiro atoms. The maximum atomic E-state index is 13.5. The van der Waals surface area contributed by atoms with Gasteiger partial charge < -0.3 is 15.0 Å². The first-order valence-corrected chi connectivity index (χ1v) is 10.9. The van der Waals surface area contributed by atoms with Gasteiger partial charge in [0.15, 0.2) is 5.96 Å². The molecular formula is C23H32FN5O. The molecule has 2 aliphatic rings. The molecule has 30 heavy (non-hydrogen) atoms. The predicted octanol–water partition coefficient (Wildman–Crippen LogP) is 3.41. The Morgan fingerprint density at radius 3 is 2.70 bits per heavy atom. The maximum Gasteiger partial charge on any atom is 0.193 e. The van der Waals surface area contributed by atoms with Gasteiger partial charge in [-0.2, -0.15) is 5.10 Å². The first-order chi connectivity index (χ1) is 14.6. The molecule has 2 heterocycles. The van der Waals surface area contributed by atoms with Crippen LogP contribution in [0.15, 0.2) is 41.7 Å². The fraction of sp³-hybridized carbons (Fsp3) is 0.565. The molecule has 1 aliphatic carbocycles. The van der Waals surface area contributed by atoms with E-state index >= 15 is 0 Å². The highest BCUT2D eigenvalue weighted by Crippen LogP contribution is 2.39. The van der Waals surface area contributed by atoms with Gasteiger partial charge in [-0.1, -0.05) is 31.4 Å².